The molecule has 0 radical (unpaired) electrons. The first-order valence-electron chi connectivity index (χ1n) is 7.30. The molecule has 1 aliphatic heterocycles. The third-order valence-electron chi connectivity index (χ3n) is 3.99. The second-order valence-electron chi connectivity index (χ2n) is 5.42. The smallest absolute Gasteiger partial charge is 0.225 e. The predicted octanol–water partition coefficient (Wildman–Crippen LogP) is 2.46. The molecule has 4 nitrogen and oxygen atoms in total. The van der Waals surface area contributed by atoms with Crippen LogP contribution in [0.15, 0.2) is 36.5 Å². The van der Waals surface area contributed by atoms with Gasteiger partial charge in [-0.2, -0.15) is 0 Å². The maximum Gasteiger partial charge on any atom is 0.225 e. The van der Waals surface area contributed by atoms with Gasteiger partial charge in [0.25, 0.3) is 0 Å². The van der Waals surface area contributed by atoms with Crippen molar-refractivity contribution < 1.29 is 4.39 Å². The lowest BCUT2D eigenvalue weighted by molar-refractivity contribution is 0.411. The SMILES string of the molecule is NCC1CCN(c2nccc(-c3cccc(F)c3)n2)CC1. The first-order valence-corrected chi connectivity index (χ1v) is 7.30. The van der Waals surface area contributed by atoms with Crippen molar-refractivity contribution in [1.82, 2.24) is 9.97 Å². The van der Waals surface area contributed by atoms with Gasteiger partial charge in [0.1, 0.15) is 5.82 Å². The van der Waals surface area contributed by atoms with Gasteiger partial charge in [-0.25, -0.2) is 14.4 Å². The number of piperidine rings is 1. The molecule has 2 N–H and O–H groups in total. The van der Waals surface area contributed by atoms with Crippen molar-refractivity contribution in [2.24, 2.45) is 11.7 Å². The van der Waals surface area contributed by atoms with Crippen molar-refractivity contribution in [2.75, 3.05) is 24.5 Å². The van der Waals surface area contributed by atoms with Crippen molar-refractivity contribution in [3.8, 4) is 11.3 Å². The number of hydrogen-bond donors (Lipinski definition) is 1. The molecule has 110 valence electrons. The summed E-state index contributed by atoms with van der Waals surface area (Å²) in [4.78, 5) is 11.1. The molecule has 1 aliphatic rings. The minimum absolute atomic E-state index is 0.253. The zero-order valence-corrected chi connectivity index (χ0v) is 11.9. The van der Waals surface area contributed by atoms with Crippen LogP contribution in [0, 0.1) is 11.7 Å². The molecule has 1 aromatic carbocycles. The van der Waals surface area contributed by atoms with Gasteiger partial charge in [0.15, 0.2) is 0 Å². The van der Waals surface area contributed by atoms with E-state index in [1.54, 1.807) is 12.3 Å². The Morgan fingerprint density at radius 3 is 2.76 bits per heavy atom. The third-order valence-corrected chi connectivity index (χ3v) is 3.99. The lowest BCUT2D eigenvalue weighted by atomic mass is 9.97. The van der Waals surface area contributed by atoms with Gasteiger partial charge >= 0.3 is 0 Å². The molecular weight excluding hydrogens is 267 g/mol. The summed E-state index contributed by atoms with van der Waals surface area (Å²) in [7, 11) is 0. The van der Waals surface area contributed by atoms with Crippen LogP contribution < -0.4 is 10.6 Å². The maximum absolute atomic E-state index is 13.3. The summed E-state index contributed by atoms with van der Waals surface area (Å²) in [6, 6.07) is 8.29. The molecule has 0 spiro atoms. The Hall–Kier alpha value is -2.01. The van der Waals surface area contributed by atoms with Crippen molar-refractivity contribution >= 4 is 5.95 Å². The Morgan fingerprint density at radius 2 is 2.05 bits per heavy atom. The summed E-state index contributed by atoms with van der Waals surface area (Å²) in [6.07, 6.45) is 3.88. The number of halogens is 1. The van der Waals surface area contributed by atoms with Crippen LogP contribution in [0.25, 0.3) is 11.3 Å². The van der Waals surface area contributed by atoms with Crippen LogP contribution in [-0.2, 0) is 0 Å². The molecular formula is C16H19FN4. The lowest BCUT2D eigenvalue weighted by Crippen LogP contribution is -2.37. The van der Waals surface area contributed by atoms with E-state index in [-0.39, 0.29) is 5.82 Å². The first-order chi connectivity index (χ1) is 10.3. The molecule has 1 fully saturated rings. The molecule has 0 saturated carbocycles. The van der Waals surface area contributed by atoms with Gasteiger partial charge in [-0.3, -0.25) is 0 Å². The van der Waals surface area contributed by atoms with Crippen LogP contribution in [0.1, 0.15) is 12.8 Å². The number of rotatable bonds is 3. The molecule has 5 heteroatoms. The van der Waals surface area contributed by atoms with E-state index in [0.29, 0.717) is 11.9 Å². The number of nitrogens with zero attached hydrogens (tertiary/aromatic N) is 3. The Labute approximate surface area is 123 Å². The highest BCUT2D eigenvalue weighted by atomic mass is 19.1. The Kier molecular flexibility index (Phi) is 4.10. The first kappa shape index (κ1) is 13.9. The molecule has 0 bridgehead atoms. The third kappa shape index (κ3) is 3.19. The molecule has 0 atom stereocenters. The van der Waals surface area contributed by atoms with E-state index in [0.717, 1.165) is 43.7 Å². The second kappa shape index (κ2) is 6.18. The van der Waals surface area contributed by atoms with Gasteiger partial charge in [0, 0.05) is 24.8 Å². The second-order valence-corrected chi connectivity index (χ2v) is 5.42. The summed E-state index contributed by atoms with van der Waals surface area (Å²) in [5.74, 6) is 1.07. The average Bonchev–Trinajstić information content (AvgIpc) is 2.55. The van der Waals surface area contributed by atoms with Gasteiger partial charge in [0.05, 0.1) is 5.69 Å². The number of anilines is 1. The molecule has 1 saturated heterocycles. The largest absolute Gasteiger partial charge is 0.341 e. The molecule has 0 aliphatic carbocycles. The fourth-order valence-electron chi connectivity index (χ4n) is 2.68. The summed E-state index contributed by atoms with van der Waals surface area (Å²) in [6.45, 7) is 2.60. The minimum atomic E-state index is -0.253. The van der Waals surface area contributed by atoms with Gasteiger partial charge in [-0.1, -0.05) is 12.1 Å². The number of hydrogen-bond acceptors (Lipinski definition) is 4. The summed E-state index contributed by atoms with van der Waals surface area (Å²) < 4.78 is 13.3. The van der Waals surface area contributed by atoms with E-state index >= 15 is 0 Å². The standard InChI is InChI=1S/C16H19FN4/c17-14-3-1-2-13(10-14)15-4-7-19-16(20-15)21-8-5-12(11-18)6-9-21/h1-4,7,10,12H,5-6,8-9,11,18H2. The molecule has 0 unspecified atom stereocenters. The van der Waals surface area contributed by atoms with E-state index in [9.17, 15) is 4.39 Å². The fourth-order valence-corrected chi connectivity index (χ4v) is 2.68. The summed E-state index contributed by atoms with van der Waals surface area (Å²) >= 11 is 0. The fraction of sp³-hybridized carbons (Fsp3) is 0.375. The monoisotopic (exact) mass is 286 g/mol. The van der Waals surface area contributed by atoms with Crippen LogP contribution in [0.2, 0.25) is 0 Å². The van der Waals surface area contributed by atoms with Crippen molar-refractivity contribution in [3.05, 3.63) is 42.3 Å². The van der Waals surface area contributed by atoms with E-state index in [4.69, 9.17) is 5.73 Å². The normalized spacial score (nSPS) is 16.2. The van der Waals surface area contributed by atoms with Gasteiger partial charge < -0.3 is 10.6 Å². The van der Waals surface area contributed by atoms with Crippen LogP contribution in [0.3, 0.4) is 0 Å². The lowest BCUT2D eigenvalue weighted by Gasteiger charge is -2.31. The maximum atomic E-state index is 13.3. The van der Waals surface area contributed by atoms with Gasteiger partial charge in [0.2, 0.25) is 5.95 Å². The Morgan fingerprint density at radius 1 is 1.24 bits per heavy atom. The van der Waals surface area contributed by atoms with Crippen LogP contribution in [0.5, 0.6) is 0 Å². The van der Waals surface area contributed by atoms with Crippen molar-refractivity contribution in [1.29, 1.82) is 0 Å². The Bertz CT molecular complexity index is 609. The van der Waals surface area contributed by atoms with Crippen LogP contribution in [-0.4, -0.2) is 29.6 Å². The molecule has 2 aromatic rings. The molecule has 21 heavy (non-hydrogen) atoms. The van der Waals surface area contributed by atoms with E-state index in [2.05, 4.69) is 14.9 Å². The van der Waals surface area contributed by atoms with Crippen molar-refractivity contribution in [2.45, 2.75) is 12.8 Å². The summed E-state index contributed by atoms with van der Waals surface area (Å²) in [5.41, 5.74) is 7.24. The zero-order chi connectivity index (χ0) is 14.7. The average molecular weight is 286 g/mol. The van der Waals surface area contributed by atoms with E-state index in [1.807, 2.05) is 12.1 Å². The topological polar surface area (TPSA) is 55.0 Å². The number of aromatic nitrogens is 2. The van der Waals surface area contributed by atoms with Crippen LogP contribution in [0.4, 0.5) is 10.3 Å². The van der Waals surface area contributed by atoms with Crippen LogP contribution >= 0.6 is 0 Å². The molecule has 0 amide bonds. The van der Waals surface area contributed by atoms with E-state index < -0.39 is 0 Å². The Balaban J connectivity index is 1.81. The van der Waals surface area contributed by atoms with Crippen molar-refractivity contribution in [3.63, 3.8) is 0 Å². The summed E-state index contributed by atoms with van der Waals surface area (Å²) in [5, 5.41) is 0. The van der Waals surface area contributed by atoms with E-state index in [1.165, 1.54) is 12.1 Å². The quantitative estimate of drug-likeness (QED) is 0.941. The predicted molar refractivity (Wildman–Crippen MR) is 81.4 cm³/mol. The highest BCUT2D eigenvalue weighted by Gasteiger charge is 2.20. The minimum Gasteiger partial charge on any atom is -0.341 e. The molecule has 3 rings (SSSR count). The molecule has 1 aromatic heterocycles. The van der Waals surface area contributed by atoms with Gasteiger partial charge in [-0.15, -0.1) is 0 Å². The number of benzene rings is 1. The highest BCUT2D eigenvalue weighted by molar-refractivity contribution is 5.60. The zero-order valence-electron chi connectivity index (χ0n) is 11.9. The number of nitrogens with two attached hydrogens (primary N) is 1. The molecule has 2 heterocycles. The highest BCUT2D eigenvalue weighted by Crippen LogP contribution is 2.23. The van der Waals surface area contributed by atoms with Gasteiger partial charge in [-0.05, 0) is 43.5 Å².